The molecule has 2 aromatic rings. The summed E-state index contributed by atoms with van der Waals surface area (Å²) in [6, 6.07) is 9.35. The monoisotopic (exact) mass is 294 g/mol. The zero-order valence-corrected chi connectivity index (χ0v) is 12.9. The maximum atomic E-state index is 12.5. The van der Waals surface area contributed by atoms with Gasteiger partial charge in [-0.3, -0.25) is 4.79 Å². The van der Waals surface area contributed by atoms with E-state index in [1.165, 1.54) is 0 Å². The number of fused-ring (bicyclic) bond motifs is 1. The van der Waals surface area contributed by atoms with Gasteiger partial charge in [-0.05, 0) is 72.5 Å². The van der Waals surface area contributed by atoms with E-state index in [4.69, 9.17) is 4.74 Å². The van der Waals surface area contributed by atoms with Crippen molar-refractivity contribution in [3.63, 3.8) is 0 Å². The van der Waals surface area contributed by atoms with E-state index < -0.39 is 0 Å². The third-order valence-corrected chi connectivity index (χ3v) is 4.08. The molecule has 0 bridgehead atoms. The Morgan fingerprint density at radius 3 is 2.45 bits per heavy atom. The Morgan fingerprint density at radius 1 is 1.14 bits per heavy atom. The number of hydrogen-bond acceptors (Lipinski definition) is 3. The Hall–Kier alpha value is -2.55. The van der Waals surface area contributed by atoms with Crippen molar-refractivity contribution in [2.24, 2.45) is 0 Å². The summed E-state index contributed by atoms with van der Waals surface area (Å²) in [5.74, 6) is 1.15. The highest BCUT2D eigenvalue weighted by atomic mass is 16.5. The standard InChI is InChI=1S/C19H18O3/c1-11-6-13(7-12(2)18(11)20)8-15-9-14-10-16(22-3)4-5-17(14)19(15)21/h4-8,10,20H,9H2,1-3H3/b15-8+. The first-order chi connectivity index (χ1) is 10.5. The highest BCUT2D eigenvalue weighted by molar-refractivity contribution is 6.15. The molecule has 0 saturated carbocycles. The largest absolute Gasteiger partial charge is 0.507 e. The predicted molar refractivity (Wildman–Crippen MR) is 86.6 cm³/mol. The van der Waals surface area contributed by atoms with Crippen LogP contribution in [0.4, 0.5) is 0 Å². The molecule has 0 unspecified atom stereocenters. The molecule has 3 rings (SSSR count). The van der Waals surface area contributed by atoms with Crippen molar-refractivity contribution in [3.8, 4) is 11.5 Å². The molecular weight excluding hydrogens is 276 g/mol. The molecule has 22 heavy (non-hydrogen) atoms. The number of allylic oxidation sites excluding steroid dienone is 1. The zero-order chi connectivity index (χ0) is 15.9. The number of Topliss-reactive ketones (excluding diaryl/α,β-unsaturated/α-hetero) is 1. The van der Waals surface area contributed by atoms with Gasteiger partial charge < -0.3 is 9.84 Å². The SMILES string of the molecule is COc1ccc2c(c1)C/C(=C\c1cc(C)c(O)c(C)c1)C2=O. The summed E-state index contributed by atoms with van der Waals surface area (Å²) in [6.45, 7) is 3.72. The molecule has 0 atom stereocenters. The molecule has 0 heterocycles. The van der Waals surface area contributed by atoms with E-state index in [0.29, 0.717) is 12.2 Å². The number of hydrogen-bond donors (Lipinski definition) is 1. The quantitative estimate of drug-likeness (QED) is 0.856. The van der Waals surface area contributed by atoms with E-state index in [0.717, 1.165) is 39.1 Å². The lowest BCUT2D eigenvalue weighted by Gasteiger charge is -2.05. The van der Waals surface area contributed by atoms with Crippen molar-refractivity contribution >= 4 is 11.9 Å². The summed E-state index contributed by atoms with van der Waals surface area (Å²) in [5.41, 5.74) is 5.10. The Balaban J connectivity index is 1.99. The van der Waals surface area contributed by atoms with E-state index in [2.05, 4.69) is 0 Å². The Kier molecular flexibility index (Phi) is 3.49. The topological polar surface area (TPSA) is 46.5 Å². The van der Waals surface area contributed by atoms with Crippen LogP contribution >= 0.6 is 0 Å². The number of ketones is 1. The van der Waals surface area contributed by atoms with Crippen molar-refractivity contribution in [2.75, 3.05) is 7.11 Å². The Bertz CT molecular complexity index is 777. The van der Waals surface area contributed by atoms with Crippen LogP contribution in [0.15, 0.2) is 35.9 Å². The summed E-state index contributed by atoms with van der Waals surface area (Å²) in [4.78, 5) is 12.5. The first-order valence-corrected chi connectivity index (χ1v) is 7.22. The van der Waals surface area contributed by atoms with Crippen LogP contribution in [0.5, 0.6) is 11.5 Å². The van der Waals surface area contributed by atoms with Gasteiger partial charge in [-0.25, -0.2) is 0 Å². The molecule has 0 spiro atoms. The van der Waals surface area contributed by atoms with Crippen LogP contribution in [0.2, 0.25) is 0 Å². The van der Waals surface area contributed by atoms with Crippen molar-refractivity contribution in [3.05, 3.63) is 63.7 Å². The normalized spacial score (nSPS) is 15.2. The van der Waals surface area contributed by atoms with E-state index in [1.54, 1.807) is 7.11 Å². The molecule has 1 aliphatic rings. The zero-order valence-electron chi connectivity index (χ0n) is 12.9. The summed E-state index contributed by atoms with van der Waals surface area (Å²) in [6.07, 6.45) is 2.53. The lowest BCUT2D eigenvalue weighted by atomic mass is 10.0. The fourth-order valence-electron chi connectivity index (χ4n) is 2.91. The van der Waals surface area contributed by atoms with Crippen molar-refractivity contribution in [1.82, 2.24) is 0 Å². The minimum absolute atomic E-state index is 0.0704. The number of ether oxygens (including phenoxy) is 1. The number of methoxy groups -OCH3 is 1. The first kappa shape index (κ1) is 14.4. The van der Waals surface area contributed by atoms with Gasteiger partial charge in [0.1, 0.15) is 11.5 Å². The van der Waals surface area contributed by atoms with Gasteiger partial charge in [0.15, 0.2) is 5.78 Å². The molecule has 0 saturated heterocycles. The molecule has 1 N–H and O–H groups in total. The van der Waals surface area contributed by atoms with Gasteiger partial charge in [-0.15, -0.1) is 0 Å². The third kappa shape index (κ3) is 2.39. The molecule has 1 aliphatic carbocycles. The van der Waals surface area contributed by atoms with Crippen LogP contribution in [0.1, 0.15) is 32.6 Å². The predicted octanol–water partition coefficient (Wildman–Crippen LogP) is 3.84. The number of rotatable bonds is 2. The third-order valence-electron chi connectivity index (χ3n) is 4.08. The molecular formula is C19H18O3. The van der Waals surface area contributed by atoms with Gasteiger partial charge in [0, 0.05) is 17.6 Å². The van der Waals surface area contributed by atoms with Crippen LogP contribution in [-0.2, 0) is 6.42 Å². The van der Waals surface area contributed by atoms with Gasteiger partial charge in [-0.2, -0.15) is 0 Å². The molecule has 3 heteroatoms. The Labute approximate surface area is 129 Å². The van der Waals surface area contributed by atoms with Crippen LogP contribution in [-0.4, -0.2) is 18.0 Å². The second-order valence-electron chi connectivity index (χ2n) is 5.70. The maximum Gasteiger partial charge on any atom is 0.189 e. The van der Waals surface area contributed by atoms with Gasteiger partial charge in [-0.1, -0.05) is 0 Å². The highest BCUT2D eigenvalue weighted by Crippen LogP contribution is 2.31. The summed E-state index contributed by atoms with van der Waals surface area (Å²) in [5, 5.41) is 9.84. The summed E-state index contributed by atoms with van der Waals surface area (Å²) >= 11 is 0. The fraction of sp³-hybridized carbons (Fsp3) is 0.211. The van der Waals surface area contributed by atoms with Crippen LogP contribution in [0.3, 0.4) is 0 Å². The maximum absolute atomic E-state index is 12.5. The molecule has 2 aromatic carbocycles. The summed E-state index contributed by atoms with van der Waals surface area (Å²) < 4.78 is 5.21. The van der Waals surface area contributed by atoms with Gasteiger partial charge >= 0.3 is 0 Å². The second-order valence-corrected chi connectivity index (χ2v) is 5.70. The molecule has 3 nitrogen and oxygen atoms in total. The number of aromatic hydroxyl groups is 1. The van der Waals surface area contributed by atoms with Crippen LogP contribution < -0.4 is 4.74 Å². The molecule has 0 radical (unpaired) electrons. The second kappa shape index (κ2) is 5.34. The molecule has 0 amide bonds. The van der Waals surface area contributed by atoms with Gasteiger partial charge in [0.25, 0.3) is 0 Å². The molecule has 0 aromatic heterocycles. The average Bonchev–Trinajstić information content (AvgIpc) is 2.80. The van der Waals surface area contributed by atoms with Crippen molar-refractivity contribution in [2.45, 2.75) is 20.3 Å². The number of phenolic OH excluding ortho intramolecular Hbond substituents is 1. The van der Waals surface area contributed by atoms with E-state index in [9.17, 15) is 9.90 Å². The van der Waals surface area contributed by atoms with Gasteiger partial charge in [0.2, 0.25) is 0 Å². The fourth-order valence-corrected chi connectivity index (χ4v) is 2.91. The average molecular weight is 294 g/mol. The number of carbonyl (C=O) groups is 1. The van der Waals surface area contributed by atoms with Crippen LogP contribution in [0, 0.1) is 13.8 Å². The molecule has 0 fully saturated rings. The van der Waals surface area contributed by atoms with E-state index in [-0.39, 0.29) is 5.78 Å². The van der Waals surface area contributed by atoms with Crippen LogP contribution in [0.25, 0.3) is 6.08 Å². The molecule has 0 aliphatic heterocycles. The first-order valence-electron chi connectivity index (χ1n) is 7.22. The Morgan fingerprint density at radius 2 is 1.82 bits per heavy atom. The number of aryl methyl sites for hydroxylation is 2. The molecule has 112 valence electrons. The smallest absolute Gasteiger partial charge is 0.189 e. The van der Waals surface area contributed by atoms with Crippen molar-refractivity contribution in [1.29, 1.82) is 0 Å². The van der Waals surface area contributed by atoms with Crippen molar-refractivity contribution < 1.29 is 14.6 Å². The lowest BCUT2D eigenvalue weighted by molar-refractivity contribution is 0.104. The number of phenols is 1. The van der Waals surface area contributed by atoms with E-state index in [1.807, 2.05) is 50.3 Å². The van der Waals surface area contributed by atoms with Gasteiger partial charge in [0.05, 0.1) is 7.11 Å². The minimum atomic E-state index is 0.0704. The number of carbonyl (C=O) groups excluding carboxylic acids is 1. The highest BCUT2D eigenvalue weighted by Gasteiger charge is 2.25. The van der Waals surface area contributed by atoms with E-state index >= 15 is 0 Å². The minimum Gasteiger partial charge on any atom is -0.507 e. The summed E-state index contributed by atoms with van der Waals surface area (Å²) in [7, 11) is 1.62. The lowest BCUT2D eigenvalue weighted by Crippen LogP contribution is -1.95. The number of benzene rings is 2.